The summed E-state index contributed by atoms with van der Waals surface area (Å²) < 4.78 is 0. The van der Waals surface area contributed by atoms with E-state index in [1.165, 1.54) is 16.5 Å². The molecule has 0 atom stereocenters. The van der Waals surface area contributed by atoms with E-state index >= 15 is 0 Å². The van der Waals surface area contributed by atoms with Crippen molar-refractivity contribution < 1.29 is 0 Å². The van der Waals surface area contributed by atoms with Gasteiger partial charge in [-0.05, 0) is 23.9 Å². The van der Waals surface area contributed by atoms with E-state index in [-0.39, 0.29) is 0 Å². The van der Waals surface area contributed by atoms with Gasteiger partial charge in [0.25, 0.3) is 0 Å². The van der Waals surface area contributed by atoms with E-state index in [2.05, 4.69) is 42.2 Å². The highest BCUT2D eigenvalue weighted by Gasteiger charge is 2.08. The maximum atomic E-state index is 5.79. The average molecular weight is 248 g/mol. The minimum absolute atomic E-state index is 0.467. The zero-order valence-electron chi connectivity index (χ0n) is 10.9. The fraction of sp³-hybridized carbons (Fsp3) is 0.118. The third-order valence-electron chi connectivity index (χ3n) is 3.40. The van der Waals surface area contributed by atoms with Crippen molar-refractivity contribution in [2.24, 2.45) is 5.73 Å². The van der Waals surface area contributed by atoms with E-state index in [1.54, 1.807) is 0 Å². The molecule has 3 rings (SSSR count). The molecule has 0 unspecified atom stereocenters. The number of hydrogen-bond donors (Lipinski definition) is 1. The Hall–Kier alpha value is -2.19. The van der Waals surface area contributed by atoms with Gasteiger partial charge in [-0.25, -0.2) is 0 Å². The lowest BCUT2D eigenvalue weighted by atomic mass is 9.98. The Labute approximate surface area is 112 Å². The minimum Gasteiger partial charge on any atom is -0.325 e. The van der Waals surface area contributed by atoms with Crippen LogP contribution in [-0.4, -0.2) is 4.98 Å². The van der Waals surface area contributed by atoms with Gasteiger partial charge in [0, 0.05) is 23.7 Å². The van der Waals surface area contributed by atoms with Crippen molar-refractivity contribution in [1.82, 2.24) is 4.98 Å². The second-order valence-electron chi connectivity index (χ2n) is 4.74. The molecule has 0 aliphatic rings. The van der Waals surface area contributed by atoms with Gasteiger partial charge in [0.1, 0.15) is 0 Å². The Morgan fingerprint density at radius 1 is 1.00 bits per heavy atom. The Kier molecular flexibility index (Phi) is 3.02. The van der Waals surface area contributed by atoms with Gasteiger partial charge in [0.15, 0.2) is 0 Å². The van der Waals surface area contributed by atoms with Crippen LogP contribution < -0.4 is 5.73 Å². The molecule has 19 heavy (non-hydrogen) atoms. The van der Waals surface area contributed by atoms with Crippen LogP contribution in [0.3, 0.4) is 0 Å². The van der Waals surface area contributed by atoms with Crippen LogP contribution in [0, 0.1) is 6.92 Å². The van der Waals surface area contributed by atoms with Crippen molar-refractivity contribution in [3.05, 3.63) is 66.0 Å². The van der Waals surface area contributed by atoms with Gasteiger partial charge >= 0.3 is 0 Å². The van der Waals surface area contributed by atoms with E-state index in [0.717, 1.165) is 16.6 Å². The largest absolute Gasteiger partial charge is 0.325 e. The lowest BCUT2D eigenvalue weighted by molar-refractivity contribution is 1.01. The first kappa shape index (κ1) is 11.9. The van der Waals surface area contributed by atoms with Crippen LogP contribution in [-0.2, 0) is 6.54 Å². The lowest BCUT2D eigenvalue weighted by Crippen LogP contribution is -2.01. The number of fused-ring (bicyclic) bond motifs is 1. The van der Waals surface area contributed by atoms with E-state index < -0.39 is 0 Å². The summed E-state index contributed by atoms with van der Waals surface area (Å²) in [7, 11) is 0. The Bertz CT molecular complexity index is 718. The Morgan fingerprint density at radius 3 is 2.53 bits per heavy atom. The van der Waals surface area contributed by atoms with Crippen molar-refractivity contribution >= 4 is 10.8 Å². The molecule has 0 radical (unpaired) electrons. The average Bonchev–Trinajstić information content (AvgIpc) is 2.47. The molecule has 3 aromatic rings. The van der Waals surface area contributed by atoms with E-state index in [9.17, 15) is 0 Å². The second-order valence-corrected chi connectivity index (χ2v) is 4.74. The van der Waals surface area contributed by atoms with Crippen LogP contribution in [0.4, 0.5) is 0 Å². The van der Waals surface area contributed by atoms with Crippen molar-refractivity contribution in [2.75, 3.05) is 0 Å². The summed E-state index contributed by atoms with van der Waals surface area (Å²) in [6.45, 7) is 2.56. The summed E-state index contributed by atoms with van der Waals surface area (Å²) in [5.41, 5.74) is 10.3. The first-order chi connectivity index (χ1) is 9.29. The summed E-state index contributed by atoms with van der Waals surface area (Å²) in [5.74, 6) is 0. The maximum absolute atomic E-state index is 5.79. The molecule has 0 bridgehead atoms. The lowest BCUT2D eigenvalue weighted by Gasteiger charge is -2.10. The molecule has 2 N–H and O–H groups in total. The van der Waals surface area contributed by atoms with Crippen LogP contribution in [0.25, 0.3) is 21.9 Å². The SMILES string of the molecule is Cc1ccc2c(-c3ccccc3)cnc(CN)c2c1. The summed E-state index contributed by atoms with van der Waals surface area (Å²) in [5, 5.41) is 2.37. The number of aryl methyl sites for hydroxylation is 1. The highest BCUT2D eigenvalue weighted by atomic mass is 14.7. The fourth-order valence-corrected chi connectivity index (χ4v) is 2.42. The van der Waals surface area contributed by atoms with Gasteiger partial charge < -0.3 is 5.73 Å². The van der Waals surface area contributed by atoms with Gasteiger partial charge in [-0.3, -0.25) is 4.98 Å². The highest BCUT2D eigenvalue weighted by molar-refractivity contribution is 5.97. The monoisotopic (exact) mass is 248 g/mol. The Balaban J connectivity index is 2.33. The molecule has 0 saturated heterocycles. The third kappa shape index (κ3) is 2.11. The zero-order valence-corrected chi connectivity index (χ0v) is 10.9. The molecule has 0 aliphatic carbocycles. The van der Waals surface area contributed by atoms with Crippen LogP contribution >= 0.6 is 0 Å². The molecule has 2 nitrogen and oxygen atoms in total. The molecular weight excluding hydrogens is 232 g/mol. The molecule has 0 aliphatic heterocycles. The third-order valence-corrected chi connectivity index (χ3v) is 3.40. The van der Waals surface area contributed by atoms with E-state index in [0.29, 0.717) is 6.54 Å². The molecule has 2 aromatic carbocycles. The number of pyridine rings is 1. The fourth-order valence-electron chi connectivity index (χ4n) is 2.42. The smallest absolute Gasteiger partial charge is 0.0618 e. The molecule has 1 heterocycles. The summed E-state index contributed by atoms with van der Waals surface area (Å²) >= 11 is 0. The number of nitrogens with two attached hydrogens (primary N) is 1. The Morgan fingerprint density at radius 2 is 1.79 bits per heavy atom. The molecule has 1 aromatic heterocycles. The number of rotatable bonds is 2. The summed E-state index contributed by atoms with van der Waals surface area (Å²) in [6, 6.07) is 16.8. The number of benzene rings is 2. The van der Waals surface area contributed by atoms with Gasteiger partial charge in [-0.15, -0.1) is 0 Å². The number of hydrogen-bond acceptors (Lipinski definition) is 2. The van der Waals surface area contributed by atoms with Crippen molar-refractivity contribution in [2.45, 2.75) is 13.5 Å². The normalized spacial score (nSPS) is 10.8. The topological polar surface area (TPSA) is 38.9 Å². The molecule has 0 saturated carbocycles. The predicted molar refractivity (Wildman–Crippen MR) is 79.8 cm³/mol. The molecular formula is C17H16N2. The van der Waals surface area contributed by atoms with E-state index in [4.69, 9.17) is 5.73 Å². The standard InChI is InChI=1S/C17H16N2/c1-12-7-8-14-15(9-12)17(10-18)19-11-16(14)13-5-3-2-4-6-13/h2-9,11H,10,18H2,1H3. The molecule has 0 fully saturated rings. The molecule has 2 heteroatoms. The van der Waals surface area contributed by atoms with E-state index in [1.807, 2.05) is 24.4 Å². The molecule has 0 amide bonds. The maximum Gasteiger partial charge on any atom is 0.0618 e. The van der Waals surface area contributed by atoms with Crippen LogP contribution in [0.2, 0.25) is 0 Å². The summed E-state index contributed by atoms with van der Waals surface area (Å²) in [4.78, 5) is 4.52. The molecule has 94 valence electrons. The highest BCUT2D eigenvalue weighted by Crippen LogP contribution is 2.29. The number of nitrogens with zero attached hydrogens (tertiary/aromatic N) is 1. The van der Waals surface area contributed by atoms with Gasteiger partial charge in [0.05, 0.1) is 5.69 Å². The van der Waals surface area contributed by atoms with Crippen molar-refractivity contribution in [1.29, 1.82) is 0 Å². The van der Waals surface area contributed by atoms with Gasteiger partial charge in [-0.1, -0.05) is 48.0 Å². The van der Waals surface area contributed by atoms with Crippen LogP contribution in [0.1, 0.15) is 11.3 Å². The van der Waals surface area contributed by atoms with Crippen LogP contribution in [0.5, 0.6) is 0 Å². The van der Waals surface area contributed by atoms with Crippen LogP contribution in [0.15, 0.2) is 54.7 Å². The quantitative estimate of drug-likeness (QED) is 0.751. The molecule has 0 spiro atoms. The number of aromatic nitrogens is 1. The first-order valence-electron chi connectivity index (χ1n) is 6.43. The van der Waals surface area contributed by atoms with Gasteiger partial charge in [0.2, 0.25) is 0 Å². The second kappa shape index (κ2) is 4.82. The zero-order chi connectivity index (χ0) is 13.2. The summed E-state index contributed by atoms with van der Waals surface area (Å²) in [6.07, 6.45) is 1.93. The van der Waals surface area contributed by atoms with Crippen molar-refractivity contribution in [3.63, 3.8) is 0 Å². The van der Waals surface area contributed by atoms with Crippen molar-refractivity contribution in [3.8, 4) is 11.1 Å². The predicted octanol–water partition coefficient (Wildman–Crippen LogP) is 3.67. The minimum atomic E-state index is 0.467. The first-order valence-corrected chi connectivity index (χ1v) is 6.43. The van der Waals surface area contributed by atoms with Gasteiger partial charge in [-0.2, -0.15) is 0 Å².